The molecule has 0 amide bonds. The highest BCUT2D eigenvalue weighted by Gasteiger charge is 2.22. The highest BCUT2D eigenvalue weighted by molar-refractivity contribution is 5.89. The Morgan fingerprint density at radius 1 is 1.44 bits per heavy atom. The van der Waals surface area contributed by atoms with E-state index in [0.29, 0.717) is 37.3 Å². The zero-order chi connectivity index (χ0) is 12.5. The maximum Gasteiger partial charge on any atom is 0.150 e. The van der Waals surface area contributed by atoms with E-state index in [2.05, 4.69) is 10.3 Å². The number of benzene rings is 1. The highest BCUT2D eigenvalue weighted by atomic mass is 16.5. The van der Waals surface area contributed by atoms with Gasteiger partial charge < -0.3 is 9.84 Å². The summed E-state index contributed by atoms with van der Waals surface area (Å²) in [6, 6.07) is 1.75. The highest BCUT2D eigenvalue weighted by Crippen LogP contribution is 2.30. The summed E-state index contributed by atoms with van der Waals surface area (Å²) in [6.45, 7) is 1.68. The smallest absolute Gasteiger partial charge is 0.150 e. The van der Waals surface area contributed by atoms with Gasteiger partial charge in [-0.25, -0.2) is 4.68 Å². The number of aliphatic hydroxyl groups is 1. The van der Waals surface area contributed by atoms with E-state index in [0.717, 1.165) is 22.9 Å². The number of carbonyl (C=O) groups excluding carboxylic acids is 1. The first kappa shape index (κ1) is 11.3. The number of carbonyl (C=O) groups is 1. The van der Waals surface area contributed by atoms with Gasteiger partial charge in [0.2, 0.25) is 0 Å². The quantitative estimate of drug-likeness (QED) is 0.803. The van der Waals surface area contributed by atoms with Crippen LogP contribution < -0.4 is 0 Å². The van der Waals surface area contributed by atoms with Crippen LogP contribution in [0.15, 0.2) is 6.07 Å². The summed E-state index contributed by atoms with van der Waals surface area (Å²) < 4.78 is 7.19. The SMILES string of the molecule is O=Cc1cc2nnn(CCCO)c2c2c1COC2. The molecule has 0 saturated carbocycles. The lowest BCUT2D eigenvalue weighted by Crippen LogP contribution is -2.04. The van der Waals surface area contributed by atoms with Gasteiger partial charge >= 0.3 is 0 Å². The molecule has 0 spiro atoms. The van der Waals surface area contributed by atoms with Gasteiger partial charge in [-0.15, -0.1) is 5.10 Å². The predicted molar refractivity (Wildman–Crippen MR) is 63.1 cm³/mol. The summed E-state index contributed by atoms with van der Waals surface area (Å²) in [7, 11) is 0. The zero-order valence-electron chi connectivity index (χ0n) is 9.80. The molecule has 0 radical (unpaired) electrons. The van der Waals surface area contributed by atoms with E-state index in [4.69, 9.17) is 9.84 Å². The normalized spacial score (nSPS) is 14.1. The van der Waals surface area contributed by atoms with Crippen molar-refractivity contribution >= 4 is 17.3 Å². The lowest BCUT2D eigenvalue weighted by Gasteiger charge is -2.05. The Kier molecular flexibility index (Phi) is 2.81. The number of aldehydes is 1. The molecule has 0 fully saturated rings. The molecule has 18 heavy (non-hydrogen) atoms. The number of fused-ring (bicyclic) bond motifs is 3. The van der Waals surface area contributed by atoms with Crippen molar-refractivity contribution in [3.05, 3.63) is 22.8 Å². The van der Waals surface area contributed by atoms with Crippen molar-refractivity contribution in [1.82, 2.24) is 15.0 Å². The van der Waals surface area contributed by atoms with Gasteiger partial charge in [-0.3, -0.25) is 4.79 Å². The second-order valence-electron chi connectivity index (χ2n) is 4.29. The van der Waals surface area contributed by atoms with Gasteiger partial charge in [0.15, 0.2) is 6.29 Å². The van der Waals surface area contributed by atoms with Crippen LogP contribution in [0, 0.1) is 0 Å². The third-order valence-electron chi connectivity index (χ3n) is 3.20. The van der Waals surface area contributed by atoms with Crippen LogP contribution in [0.2, 0.25) is 0 Å². The molecule has 0 bridgehead atoms. The minimum atomic E-state index is 0.118. The summed E-state index contributed by atoms with van der Waals surface area (Å²) in [5.41, 5.74) is 4.19. The summed E-state index contributed by atoms with van der Waals surface area (Å²) in [5, 5.41) is 17.0. The second-order valence-corrected chi connectivity index (χ2v) is 4.29. The first-order chi connectivity index (χ1) is 8.85. The van der Waals surface area contributed by atoms with Gasteiger partial charge in [-0.2, -0.15) is 0 Å². The molecule has 1 aliphatic rings. The van der Waals surface area contributed by atoms with Crippen molar-refractivity contribution in [3.8, 4) is 0 Å². The van der Waals surface area contributed by atoms with E-state index < -0.39 is 0 Å². The van der Waals surface area contributed by atoms with Gasteiger partial charge in [0.25, 0.3) is 0 Å². The van der Waals surface area contributed by atoms with Gasteiger partial charge in [0.1, 0.15) is 5.52 Å². The number of aliphatic hydroxyl groups excluding tert-OH is 1. The van der Waals surface area contributed by atoms with Crippen LogP contribution in [-0.2, 0) is 24.5 Å². The van der Waals surface area contributed by atoms with E-state index in [-0.39, 0.29) is 6.61 Å². The Morgan fingerprint density at radius 2 is 2.28 bits per heavy atom. The molecule has 0 unspecified atom stereocenters. The van der Waals surface area contributed by atoms with Crippen molar-refractivity contribution in [1.29, 1.82) is 0 Å². The average molecular weight is 247 g/mol. The van der Waals surface area contributed by atoms with Gasteiger partial charge in [0.05, 0.1) is 18.7 Å². The molecule has 1 N–H and O–H groups in total. The third kappa shape index (κ3) is 1.61. The first-order valence-electron chi connectivity index (χ1n) is 5.87. The largest absolute Gasteiger partial charge is 0.396 e. The van der Waals surface area contributed by atoms with Crippen LogP contribution in [-0.4, -0.2) is 33.0 Å². The average Bonchev–Trinajstić information content (AvgIpc) is 3.01. The number of ether oxygens (including phenoxy) is 1. The monoisotopic (exact) mass is 247 g/mol. The van der Waals surface area contributed by atoms with Crippen LogP contribution in [0.25, 0.3) is 11.0 Å². The van der Waals surface area contributed by atoms with Gasteiger partial charge in [-0.1, -0.05) is 5.21 Å². The summed E-state index contributed by atoms with van der Waals surface area (Å²) >= 11 is 0. The molecule has 0 aliphatic carbocycles. The molecule has 0 atom stereocenters. The number of aryl methyl sites for hydroxylation is 1. The minimum absolute atomic E-state index is 0.118. The third-order valence-corrected chi connectivity index (χ3v) is 3.20. The van der Waals surface area contributed by atoms with E-state index in [1.165, 1.54) is 0 Å². The summed E-state index contributed by atoms with van der Waals surface area (Å²) in [6.07, 6.45) is 1.46. The Bertz CT molecular complexity index is 606. The Labute approximate surface area is 103 Å². The van der Waals surface area contributed by atoms with E-state index in [1.807, 2.05) is 0 Å². The lowest BCUT2D eigenvalue weighted by atomic mass is 10.0. The van der Waals surface area contributed by atoms with E-state index >= 15 is 0 Å². The van der Waals surface area contributed by atoms with Crippen molar-refractivity contribution in [3.63, 3.8) is 0 Å². The van der Waals surface area contributed by atoms with Gasteiger partial charge in [-0.05, 0) is 18.1 Å². The molecule has 6 nitrogen and oxygen atoms in total. The molecule has 2 aromatic rings. The van der Waals surface area contributed by atoms with E-state index in [1.54, 1.807) is 10.7 Å². The molecule has 1 aromatic carbocycles. The topological polar surface area (TPSA) is 77.2 Å². The van der Waals surface area contributed by atoms with Crippen LogP contribution >= 0.6 is 0 Å². The number of hydrogen-bond donors (Lipinski definition) is 1. The van der Waals surface area contributed by atoms with Crippen LogP contribution in [0.5, 0.6) is 0 Å². The maximum absolute atomic E-state index is 11.0. The standard InChI is InChI=1S/C12H13N3O3/c16-3-1-2-15-12-10-7-18-6-9(10)8(5-17)4-11(12)13-14-15/h4-5,16H,1-3,6-7H2. The number of nitrogens with zero attached hydrogens (tertiary/aromatic N) is 3. The summed E-state index contributed by atoms with van der Waals surface area (Å²) in [4.78, 5) is 11.0. The molecular formula is C12H13N3O3. The summed E-state index contributed by atoms with van der Waals surface area (Å²) in [5.74, 6) is 0. The number of hydrogen-bond acceptors (Lipinski definition) is 5. The molecule has 0 saturated heterocycles. The fourth-order valence-electron chi connectivity index (χ4n) is 2.35. The van der Waals surface area contributed by atoms with Gasteiger partial charge in [0, 0.05) is 24.3 Å². The van der Waals surface area contributed by atoms with Crippen molar-refractivity contribution in [2.45, 2.75) is 26.2 Å². The zero-order valence-corrected chi connectivity index (χ0v) is 9.80. The molecule has 1 aliphatic heterocycles. The molecule has 1 aromatic heterocycles. The lowest BCUT2D eigenvalue weighted by molar-refractivity contribution is 0.111. The van der Waals surface area contributed by atoms with Crippen LogP contribution in [0.4, 0.5) is 0 Å². The molecule has 2 heterocycles. The van der Waals surface area contributed by atoms with Crippen molar-refractivity contribution in [2.24, 2.45) is 0 Å². The second kappa shape index (κ2) is 4.47. The minimum Gasteiger partial charge on any atom is -0.396 e. The molecule has 6 heteroatoms. The number of rotatable bonds is 4. The predicted octanol–water partition coefficient (Wildman–Crippen LogP) is 0.656. The first-order valence-corrected chi connectivity index (χ1v) is 5.87. The molecule has 3 rings (SSSR count). The van der Waals surface area contributed by atoms with E-state index in [9.17, 15) is 4.79 Å². The Hall–Kier alpha value is -1.79. The Balaban J connectivity index is 2.19. The fourth-order valence-corrected chi connectivity index (χ4v) is 2.35. The molecular weight excluding hydrogens is 234 g/mol. The van der Waals surface area contributed by atoms with Crippen molar-refractivity contribution in [2.75, 3.05) is 6.61 Å². The Morgan fingerprint density at radius 3 is 3.06 bits per heavy atom. The van der Waals surface area contributed by atoms with Crippen LogP contribution in [0.3, 0.4) is 0 Å². The van der Waals surface area contributed by atoms with Crippen molar-refractivity contribution < 1.29 is 14.6 Å². The molecule has 94 valence electrons. The fraction of sp³-hybridized carbons (Fsp3) is 0.417. The van der Waals surface area contributed by atoms with Crippen LogP contribution in [0.1, 0.15) is 27.9 Å². The number of aromatic nitrogens is 3. The maximum atomic E-state index is 11.0.